The van der Waals surface area contributed by atoms with Gasteiger partial charge in [-0.3, -0.25) is 9.59 Å². The summed E-state index contributed by atoms with van der Waals surface area (Å²) in [6.07, 6.45) is 6.24. The highest BCUT2D eigenvalue weighted by atomic mass is 16.5. The van der Waals surface area contributed by atoms with Gasteiger partial charge in [-0.15, -0.1) is 0 Å². The lowest BCUT2D eigenvalue weighted by molar-refractivity contribution is -0.127. The van der Waals surface area contributed by atoms with Crippen LogP contribution in [0.1, 0.15) is 36.2 Å². The second-order valence-electron chi connectivity index (χ2n) is 7.10. The van der Waals surface area contributed by atoms with Crippen LogP contribution < -0.4 is 5.32 Å². The number of nitrogens with one attached hydrogen (secondary N) is 1. The highest BCUT2D eigenvalue weighted by molar-refractivity contribution is 5.94. The molecule has 1 saturated heterocycles. The lowest BCUT2D eigenvalue weighted by Gasteiger charge is -2.28. The summed E-state index contributed by atoms with van der Waals surface area (Å²) in [7, 11) is 3.50. The number of likely N-dealkylation sites (tertiary alicyclic amines) is 1. The van der Waals surface area contributed by atoms with Gasteiger partial charge in [0.1, 0.15) is 5.69 Å². The van der Waals surface area contributed by atoms with E-state index in [-0.39, 0.29) is 23.1 Å². The van der Waals surface area contributed by atoms with Crippen molar-refractivity contribution in [3.8, 4) is 0 Å². The molecule has 1 aliphatic carbocycles. The van der Waals surface area contributed by atoms with Crippen molar-refractivity contribution in [1.29, 1.82) is 0 Å². The summed E-state index contributed by atoms with van der Waals surface area (Å²) >= 11 is 0. The number of aromatic nitrogens is 1. The van der Waals surface area contributed by atoms with Crippen molar-refractivity contribution in [2.24, 2.45) is 18.4 Å². The van der Waals surface area contributed by atoms with E-state index >= 15 is 0 Å². The van der Waals surface area contributed by atoms with Gasteiger partial charge in [0.15, 0.2) is 0 Å². The first-order valence-corrected chi connectivity index (χ1v) is 8.75. The minimum absolute atomic E-state index is 0.0287. The highest BCUT2D eigenvalue weighted by Gasteiger charge is 2.52. The minimum Gasteiger partial charge on any atom is -0.383 e. The molecule has 132 valence electrons. The number of carbonyl (C=O) groups excluding carboxylic acids is 2. The molecule has 24 heavy (non-hydrogen) atoms. The Morgan fingerprint density at radius 2 is 2.12 bits per heavy atom. The Kier molecular flexibility index (Phi) is 4.94. The fourth-order valence-corrected chi connectivity index (χ4v) is 4.32. The van der Waals surface area contributed by atoms with Gasteiger partial charge in [-0.25, -0.2) is 0 Å². The summed E-state index contributed by atoms with van der Waals surface area (Å²) < 4.78 is 6.85. The zero-order valence-corrected chi connectivity index (χ0v) is 14.6. The number of aryl methyl sites for hydroxylation is 1. The molecule has 1 spiro atoms. The molecule has 6 heteroatoms. The Morgan fingerprint density at radius 1 is 1.38 bits per heavy atom. The number of methoxy groups -OCH3 is 1. The second-order valence-corrected chi connectivity index (χ2v) is 7.10. The van der Waals surface area contributed by atoms with Crippen LogP contribution in [0.4, 0.5) is 0 Å². The van der Waals surface area contributed by atoms with Gasteiger partial charge < -0.3 is 19.5 Å². The maximum atomic E-state index is 12.9. The number of ether oxygens (including phenoxy) is 1. The number of carbonyl (C=O) groups is 2. The van der Waals surface area contributed by atoms with Crippen LogP contribution in [0, 0.1) is 11.3 Å². The predicted octanol–water partition coefficient (Wildman–Crippen LogP) is 1.42. The summed E-state index contributed by atoms with van der Waals surface area (Å²) in [5, 5.41) is 2.98. The van der Waals surface area contributed by atoms with Crippen molar-refractivity contribution in [1.82, 2.24) is 14.8 Å². The van der Waals surface area contributed by atoms with E-state index in [4.69, 9.17) is 4.74 Å². The van der Waals surface area contributed by atoms with E-state index in [1.165, 1.54) is 0 Å². The monoisotopic (exact) mass is 333 g/mol. The summed E-state index contributed by atoms with van der Waals surface area (Å²) in [6.45, 7) is 2.24. The third kappa shape index (κ3) is 3.07. The molecule has 1 atom stereocenters. The smallest absolute Gasteiger partial charge is 0.270 e. The molecule has 2 amide bonds. The van der Waals surface area contributed by atoms with Crippen LogP contribution in [0.15, 0.2) is 18.3 Å². The van der Waals surface area contributed by atoms with Crippen LogP contribution in [0.3, 0.4) is 0 Å². The number of hydrogen-bond acceptors (Lipinski definition) is 3. The molecular weight excluding hydrogens is 306 g/mol. The number of hydrogen-bond donors (Lipinski definition) is 1. The molecule has 2 fully saturated rings. The zero-order chi connectivity index (χ0) is 17.2. The summed E-state index contributed by atoms with van der Waals surface area (Å²) in [5.74, 6) is -0.0156. The highest BCUT2D eigenvalue weighted by Crippen LogP contribution is 2.49. The Bertz CT molecular complexity index is 604. The molecule has 1 unspecified atom stereocenters. The first kappa shape index (κ1) is 17.0. The maximum absolute atomic E-state index is 12.9. The lowest BCUT2D eigenvalue weighted by atomic mass is 9.76. The average molecular weight is 333 g/mol. The molecule has 2 aliphatic rings. The van der Waals surface area contributed by atoms with Crippen LogP contribution in [-0.2, 0) is 16.6 Å². The molecule has 6 nitrogen and oxygen atoms in total. The van der Waals surface area contributed by atoms with E-state index in [0.717, 1.165) is 25.7 Å². The van der Waals surface area contributed by atoms with Gasteiger partial charge in [-0.05, 0) is 25.0 Å². The van der Waals surface area contributed by atoms with Gasteiger partial charge in [0.25, 0.3) is 5.91 Å². The third-order valence-corrected chi connectivity index (χ3v) is 5.62. The molecule has 1 saturated carbocycles. The largest absolute Gasteiger partial charge is 0.383 e. The van der Waals surface area contributed by atoms with Gasteiger partial charge in [-0.2, -0.15) is 0 Å². The van der Waals surface area contributed by atoms with Gasteiger partial charge in [-0.1, -0.05) is 12.8 Å². The Labute approximate surface area is 143 Å². The van der Waals surface area contributed by atoms with Crippen molar-refractivity contribution in [3.63, 3.8) is 0 Å². The standard InChI is InChI=1S/C18H27N3O3/c1-20-10-5-6-15(20)17(23)21-12-14(16(22)19-9-11-24-2)18(13-21)7-3-4-8-18/h5-6,10,14H,3-4,7-9,11-13H2,1-2H3,(H,19,22). The average Bonchev–Trinajstić information content (AvgIpc) is 3.28. The van der Waals surface area contributed by atoms with Crippen LogP contribution in [0.5, 0.6) is 0 Å². The van der Waals surface area contributed by atoms with Gasteiger partial charge >= 0.3 is 0 Å². The van der Waals surface area contributed by atoms with Crippen molar-refractivity contribution in [3.05, 3.63) is 24.0 Å². The van der Waals surface area contributed by atoms with Crippen molar-refractivity contribution < 1.29 is 14.3 Å². The molecule has 1 aliphatic heterocycles. The van der Waals surface area contributed by atoms with E-state index in [1.54, 1.807) is 7.11 Å². The van der Waals surface area contributed by atoms with E-state index in [2.05, 4.69) is 5.32 Å². The first-order valence-electron chi connectivity index (χ1n) is 8.75. The fourth-order valence-electron chi connectivity index (χ4n) is 4.32. The van der Waals surface area contributed by atoms with E-state index < -0.39 is 0 Å². The van der Waals surface area contributed by atoms with E-state index in [0.29, 0.717) is 31.9 Å². The Hall–Kier alpha value is -1.82. The Morgan fingerprint density at radius 3 is 2.75 bits per heavy atom. The lowest BCUT2D eigenvalue weighted by Crippen LogP contribution is -2.41. The molecule has 2 heterocycles. The third-order valence-electron chi connectivity index (χ3n) is 5.62. The SMILES string of the molecule is COCCNC(=O)C1CN(C(=O)c2cccn2C)CC12CCCC2. The molecule has 1 N–H and O–H groups in total. The second kappa shape index (κ2) is 6.97. The van der Waals surface area contributed by atoms with Crippen LogP contribution in [0.25, 0.3) is 0 Å². The summed E-state index contributed by atoms with van der Waals surface area (Å²) in [6, 6.07) is 3.72. The molecule has 0 radical (unpaired) electrons. The van der Waals surface area contributed by atoms with Crippen molar-refractivity contribution in [2.75, 3.05) is 33.4 Å². The van der Waals surface area contributed by atoms with Gasteiger partial charge in [0, 0.05) is 45.4 Å². The number of rotatable bonds is 5. The van der Waals surface area contributed by atoms with Crippen molar-refractivity contribution >= 4 is 11.8 Å². The van der Waals surface area contributed by atoms with Crippen molar-refractivity contribution in [2.45, 2.75) is 25.7 Å². The minimum atomic E-state index is -0.110. The topological polar surface area (TPSA) is 63.6 Å². The normalized spacial score (nSPS) is 22.2. The van der Waals surface area contributed by atoms with Crippen LogP contribution >= 0.6 is 0 Å². The van der Waals surface area contributed by atoms with Gasteiger partial charge in [0.2, 0.25) is 5.91 Å². The molecule has 0 aromatic carbocycles. The molecule has 1 aromatic rings. The van der Waals surface area contributed by atoms with Crippen LogP contribution in [0.2, 0.25) is 0 Å². The quantitative estimate of drug-likeness (QED) is 0.829. The number of nitrogens with zero attached hydrogens (tertiary/aromatic N) is 2. The maximum Gasteiger partial charge on any atom is 0.270 e. The summed E-state index contributed by atoms with van der Waals surface area (Å²) in [5.41, 5.74) is 0.640. The van der Waals surface area contributed by atoms with E-state index in [1.807, 2.05) is 34.8 Å². The fraction of sp³-hybridized carbons (Fsp3) is 0.667. The Balaban J connectivity index is 1.75. The molecule has 0 bridgehead atoms. The molecule has 1 aromatic heterocycles. The van der Waals surface area contributed by atoms with E-state index in [9.17, 15) is 9.59 Å². The van der Waals surface area contributed by atoms with Gasteiger partial charge in [0.05, 0.1) is 12.5 Å². The predicted molar refractivity (Wildman–Crippen MR) is 90.6 cm³/mol. The zero-order valence-electron chi connectivity index (χ0n) is 14.6. The molecule has 3 rings (SSSR count). The summed E-state index contributed by atoms with van der Waals surface area (Å²) in [4.78, 5) is 27.4. The number of amides is 2. The van der Waals surface area contributed by atoms with Crippen LogP contribution in [-0.4, -0.2) is 54.6 Å². The molecular formula is C18H27N3O3. The first-order chi connectivity index (χ1) is 11.6.